The number of ether oxygens (including phenoxy) is 1. The summed E-state index contributed by atoms with van der Waals surface area (Å²) in [6, 6.07) is 6.39. The minimum atomic E-state index is -0.517. The number of benzene rings is 1. The summed E-state index contributed by atoms with van der Waals surface area (Å²) in [5.41, 5.74) is 7.00. The van der Waals surface area contributed by atoms with Crippen LogP contribution in [0.25, 0.3) is 0 Å². The SMILES string of the molecule is CCCCC(N)C(=O)Nc1cccc(NC(=O)COC)c1. The van der Waals surface area contributed by atoms with Crippen LogP contribution in [-0.2, 0) is 14.3 Å². The van der Waals surface area contributed by atoms with Crippen LogP contribution in [0.4, 0.5) is 11.4 Å². The third-order valence-electron chi connectivity index (χ3n) is 2.89. The fourth-order valence-corrected chi connectivity index (χ4v) is 1.79. The maximum atomic E-state index is 11.9. The first-order chi connectivity index (χ1) is 10.1. The summed E-state index contributed by atoms with van der Waals surface area (Å²) in [4.78, 5) is 23.3. The van der Waals surface area contributed by atoms with Gasteiger partial charge in [-0.15, -0.1) is 0 Å². The number of amides is 2. The van der Waals surface area contributed by atoms with Gasteiger partial charge in [-0.3, -0.25) is 9.59 Å². The molecule has 0 aromatic heterocycles. The van der Waals surface area contributed by atoms with E-state index in [2.05, 4.69) is 17.6 Å². The Morgan fingerprint density at radius 1 is 1.29 bits per heavy atom. The van der Waals surface area contributed by atoms with Crippen molar-refractivity contribution in [3.63, 3.8) is 0 Å². The summed E-state index contributed by atoms with van der Waals surface area (Å²) < 4.78 is 4.74. The van der Waals surface area contributed by atoms with E-state index in [9.17, 15) is 9.59 Å². The fourth-order valence-electron chi connectivity index (χ4n) is 1.79. The van der Waals surface area contributed by atoms with Crippen molar-refractivity contribution in [1.29, 1.82) is 0 Å². The standard InChI is InChI=1S/C15H23N3O3/c1-3-4-8-13(16)15(20)18-12-7-5-6-11(9-12)17-14(19)10-21-2/h5-7,9,13H,3-4,8,10,16H2,1-2H3,(H,17,19)(H,18,20). The molecule has 0 bridgehead atoms. The van der Waals surface area contributed by atoms with Gasteiger partial charge < -0.3 is 21.1 Å². The first kappa shape index (κ1) is 17.1. The van der Waals surface area contributed by atoms with Gasteiger partial charge in [-0.2, -0.15) is 0 Å². The van der Waals surface area contributed by atoms with Crippen LogP contribution in [0, 0.1) is 0 Å². The molecule has 0 heterocycles. The molecule has 1 aromatic rings. The Labute approximate surface area is 125 Å². The van der Waals surface area contributed by atoms with Gasteiger partial charge in [0.15, 0.2) is 0 Å². The van der Waals surface area contributed by atoms with Gasteiger partial charge in [0.1, 0.15) is 6.61 Å². The van der Waals surface area contributed by atoms with Crippen LogP contribution in [0.5, 0.6) is 0 Å². The molecule has 0 saturated heterocycles. The number of unbranched alkanes of at least 4 members (excludes halogenated alkanes) is 1. The number of hydrogen-bond donors (Lipinski definition) is 3. The molecule has 1 rings (SSSR count). The highest BCUT2D eigenvalue weighted by Gasteiger charge is 2.13. The molecule has 6 heteroatoms. The molecular formula is C15H23N3O3. The topological polar surface area (TPSA) is 93.5 Å². The number of rotatable bonds is 8. The molecule has 6 nitrogen and oxygen atoms in total. The second-order valence-corrected chi connectivity index (χ2v) is 4.80. The zero-order valence-electron chi connectivity index (χ0n) is 12.5. The van der Waals surface area contributed by atoms with Gasteiger partial charge in [-0.1, -0.05) is 25.8 Å². The number of methoxy groups -OCH3 is 1. The predicted molar refractivity (Wildman–Crippen MR) is 83.1 cm³/mol. The van der Waals surface area contributed by atoms with Crippen LogP contribution in [0.2, 0.25) is 0 Å². The lowest BCUT2D eigenvalue weighted by molar-refractivity contribution is -0.119. The Hall–Kier alpha value is -1.92. The molecule has 0 spiro atoms. The highest BCUT2D eigenvalue weighted by atomic mass is 16.5. The van der Waals surface area contributed by atoms with Gasteiger partial charge >= 0.3 is 0 Å². The lowest BCUT2D eigenvalue weighted by Crippen LogP contribution is -2.35. The summed E-state index contributed by atoms with van der Waals surface area (Å²) >= 11 is 0. The highest BCUT2D eigenvalue weighted by molar-refractivity contribution is 5.96. The monoisotopic (exact) mass is 293 g/mol. The first-order valence-corrected chi connectivity index (χ1v) is 7.02. The number of anilines is 2. The molecule has 1 unspecified atom stereocenters. The van der Waals surface area contributed by atoms with Gasteiger partial charge in [-0.05, 0) is 24.6 Å². The molecule has 0 radical (unpaired) electrons. The van der Waals surface area contributed by atoms with E-state index < -0.39 is 6.04 Å². The van der Waals surface area contributed by atoms with Crippen LogP contribution in [0.1, 0.15) is 26.2 Å². The third kappa shape index (κ3) is 6.37. The second-order valence-electron chi connectivity index (χ2n) is 4.80. The van der Waals surface area contributed by atoms with Gasteiger partial charge in [0.25, 0.3) is 0 Å². The Morgan fingerprint density at radius 3 is 2.57 bits per heavy atom. The van der Waals surface area contributed by atoms with Crippen molar-refractivity contribution < 1.29 is 14.3 Å². The van der Waals surface area contributed by atoms with E-state index in [-0.39, 0.29) is 18.4 Å². The van der Waals surface area contributed by atoms with Crippen LogP contribution in [0.15, 0.2) is 24.3 Å². The zero-order valence-corrected chi connectivity index (χ0v) is 12.5. The predicted octanol–water partition coefficient (Wildman–Crippen LogP) is 1.73. The summed E-state index contributed by atoms with van der Waals surface area (Å²) in [6.45, 7) is 2.04. The number of carbonyl (C=O) groups is 2. The van der Waals surface area contributed by atoms with Crippen molar-refractivity contribution in [3.05, 3.63) is 24.3 Å². The summed E-state index contributed by atoms with van der Waals surface area (Å²) in [6.07, 6.45) is 2.58. The highest BCUT2D eigenvalue weighted by Crippen LogP contribution is 2.15. The summed E-state index contributed by atoms with van der Waals surface area (Å²) in [5.74, 6) is -0.468. The summed E-state index contributed by atoms with van der Waals surface area (Å²) in [7, 11) is 1.45. The van der Waals surface area contributed by atoms with Gasteiger partial charge in [-0.25, -0.2) is 0 Å². The van der Waals surface area contributed by atoms with Crippen molar-refractivity contribution in [2.24, 2.45) is 5.73 Å². The number of hydrogen-bond acceptors (Lipinski definition) is 4. The fraction of sp³-hybridized carbons (Fsp3) is 0.467. The number of nitrogens with two attached hydrogens (primary N) is 1. The largest absolute Gasteiger partial charge is 0.375 e. The van der Waals surface area contributed by atoms with Gasteiger partial charge in [0.2, 0.25) is 11.8 Å². The third-order valence-corrected chi connectivity index (χ3v) is 2.89. The Bertz CT molecular complexity index is 477. The van der Waals surface area contributed by atoms with Crippen molar-refractivity contribution >= 4 is 23.2 Å². The van der Waals surface area contributed by atoms with Crippen LogP contribution >= 0.6 is 0 Å². The van der Waals surface area contributed by atoms with Crippen LogP contribution < -0.4 is 16.4 Å². The molecule has 1 atom stereocenters. The Kier molecular flexibility index (Phi) is 7.42. The van der Waals surface area contributed by atoms with E-state index in [0.717, 1.165) is 12.8 Å². The molecule has 0 saturated carbocycles. The maximum absolute atomic E-state index is 11.9. The van der Waals surface area contributed by atoms with Crippen LogP contribution in [0.3, 0.4) is 0 Å². The molecule has 21 heavy (non-hydrogen) atoms. The van der Waals surface area contributed by atoms with Gasteiger partial charge in [0.05, 0.1) is 6.04 Å². The Morgan fingerprint density at radius 2 is 1.95 bits per heavy atom. The van der Waals surface area contributed by atoms with E-state index in [0.29, 0.717) is 17.8 Å². The van der Waals surface area contributed by atoms with Crippen molar-refractivity contribution in [2.45, 2.75) is 32.2 Å². The normalized spacial score (nSPS) is 11.8. The first-order valence-electron chi connectivity index (χ1n) is 7.02. The second kappa shape index (κ2) is 9.10. The van der Waals surface area contributed by atoms with Crippen molar-refractivity contribution in [3.8, 4) is 0 Å². The minimum absolute atomic E-state index is 0.0154. The molecule has 0 fully saturated rings. The van der Waals surface area contributed by atoms with Gasteiger partial charge in [0, 0.05) is 18.5 Å². The van der Waals surface area contributed by atoms with E-state index >= 15 is 0 Å². The molecule has 1 aromatic carbocycles. The van der Waals surface area contributed by atoms with E-state index in [1.807, 2.05) is 0 Å². The average molecular weight is 293 g/mol. The quantitative estimate of drug-likeness (QED) is 0.680. The minimum Gasteiger partial charge on any atom is -0.375 e. The molecule has 0 aliphatic rings. The number of carbonyl (C=O) groups excluding carboxylic acids is 2. The molecule has 116 valence electrons. The molecule has 4 N–H and O–H groups in total. The van der Waals surface area contributed by atoms with Crippen molar-refractivity contribution in [1.82, 2.24) is 0 Å². The van der Waals surface area contributed by atoms with E-state index in [1.54, 1.807) is 24.3 Å². The van der Waals surface area contributed by atoms with Crippen molar-refractivity contribution in [2.75, 3.05) is 24.4 Å². The van der Waals surface area contributed by atoms with E-state index in [4.69, 9.17) is 10.5 Å². The maximum Gasteiger partial charge on any atom is 0.250 e. The lowest BCUT2D eigenvalue weighted by atomic mass is 10.1. The Balaban J connectivity index is 2.59. The summed E-state index contributed by atoms with van der Waals surface area (Å²) in [5, 5.41) is 5.42. The molecule has 2 amide bonds. The lowest BCUT2D eigenvalue weighted by Gasteiger charge is -2.12. The van der Waals surface area contributed by atoms with E-state index in [1.165, 1.54) is 7.11 Å². The molecule has 0 aliphatic carbocycles. The molecule has 0 aliphatic heterocycles. The average Bonchev–Trinajstić information content (AvgIpc) is 2.45. The molecular weight excluding hydrogens is 270 g/mol. The number of nitrogens with one attached hydrogen (secondary N) is 2. The van der Waals surface area contributed by atoms with Crippen LogP contribution in [-0.4, -0.2) is 31.6 Å². The zero-order chi connectivity index (χ0) is 15.7. The smallest absolute Gasteiger partial charge is 0.250 e.